The number of hydrogen-bond acceptors (Lipinski definition) is 0. The minimum atomic E-state index is -0.663. The fraction of sp³-hybridized carbons (Fsp3) is 0.0323. The minimum absolute atomic E-state index is 0.663. The van der Waals surface area contributed by atoms with Crippen molar-refractivity contribution in [1.82, 2.24) is 9.97 Å². The van der Waals surface area contributed by atoms with E-state index in [1.807, 2.05) is 0 Å². The van der Waals surface area contributed by atoms with Crippen LogP contribution in [-0.2, 0) is 6.16 Å². The van der Waals surface area contributed by atoms with E-state index in [1.165, 1.54) is 59.8 Å². The fourth-order valence-electron chi connectivity index (χ4n) is 5.23. The van der Waals surface area contributed by atoms with Crippen LogP contribution in [0.3, 0.4) is 0 Å². The third-order valence-corrected chi connectivity index (χ3v) is 9.39. The fourth-order valence-corrected chi connectivity index (χ4v) is 7.83. The Bertz CT molecular complexity index is 1680. The number of aromatic amines is 2. The molecule has 3 heteroatoms. The SMILES string of the molecule is c1ccc(CP(c2cccc3c2[nH]c2ccccc23)c2cccc3c2[nH]c2ccccc23)cc1. The first kappa shape index (κ1) is 19.6. The molecule has 0 spiro atoms. The van der Waals surface area contributed by atoms with Crippen LogP contribution in [0.4, 0.5) is 0 Å². The van der Waals surface area contributed by atoms with Crippen molar-refractivity contribution in [2.24, 2.45) is 0 Å². The van der Waals surface area contributed by atoms with E-state index in [-0.39, 0.29) is 0 Å². The highest BCUT2D eigenvalue weighted by atomic mass is 31.1. The van der Waals surface area contributed by atoms with Crippen LogP contribution in [0, 0.1) is 0 Å². The first-order valence-electron chi connectivity index (χ1n) is 11.7. The van der Waals surface area contributed by atoms with Gasteiger partial charge in [0.25, 0.3) is 0 Å². The average Bonchev–Trinajstić information content (AvgIpc) is 3.47. The van der Waals surface area contributed by atoms with Crippen molar-refractivity contribution < 1.29 is 0 Å². The van der Waals surface area contributed by atoms with E-state index in [0.29, 0.717) is 0 Å². The van der Waals surface area contributed by atoms with E-state index in [1.54, 1.807) is 0 Å². The molecule has 7 aromatic rings. The van der Waals surface area contributed by atoms with Gasteiger partial charge in [0.05, 0.1) is 11.0 Å². The van der Waals surface area contributed by atoms with Gasteiger partial charge in [-0.2, -0.15) is 0 Å². The molecule has 34 heavy (non-hydrogen) atoms. The first-order valence-corrected chi connectivity index (χ1v) is 13.2. The molecule has 0 atom stereocenters. The number of benzene rings is 5. The number of rotatable bonds is 4. The third-order valence-electron chi connectivity index (χ3n) is 6.80. The van der Waals surface area contributed by atoms with E-state index in [9.17, 15) is 0 Å². The molecule has 2 aromatic heterocycles. The minimum Gasteiger partial charge on any atom is -0.354 e. The van der Waals surface area contributed by atoms with Crippen LogP contribution in [0.1, 0.15) is 5.56 Å². The molecule has 0 saturated carbocycles. The molecule has 0 aliphatic heterocycles. The van der Waals surface area contributed by atoms with Gasteiger partial charge in [-0.1, -0.05) is 103 Å². The number of nitrogens with one attached hydrogen (secondary N) is 2. The van der Waals surface area contributed by atoms with Crippen LogP contribution in [0.15, 0.2) is 115 Å². The molecule has 7 rings (SSSR count). The third kappa shape index (κ3) is 3.07. The predicted molar refractivity (Wildman–Crippen MR) is 148 cm³/mol. The maximum atomic E-state index is 3.76. The molecule has 0 aliphatic carbocycles. The van der Waals surface area contributed by atoms with Crippen LogP contribution >= 0.6 is 7.92 Å². The van der Waals surface area contributed by atoms with E-state index in [2.05, 4.69) is 125 Å². The molecule has 0 unspecified atom stereocenters. The Morgan fingerprint density at radius 1 is 0.441 bits per heavy atom. The molecule has 0 aliphatic rings. The van der Waals surface area contributed by atoms with E-state index >= 15 is 0 Å². The number of aromatic nitrogens is 2. The summed E-state index contributed by atoms with van der Waals surface area (Å²) in [7, 11) is -0.663. The summed E-state index contributed by atoms with van der Waals surface area (Å²) in [5.41, 5.74) is 6.29. The number of para-hydroxylation sites is 4. The van der Waals surface area contributed by atoms with Gasteiger partial charge in [0.1, 0.15) is 0 Å². The topological polar surface area (TPSA) is 31.6 Å². The second-order valence-electron chi connectivity index (χ2n) is 8.81. The standard InChI is InChI=1S/C31H23N2P/c1-2-10-21(11-3-1)20-34(28-18-8-14-24-22-12-4-6-16-26(22)32-30(24)28)29-19-9-15-25-23-13-5-7-17-27(23)33-31(25)29/h1-19,32-33H,20H2. The van der Waals surface area contributed by atoms with Gasteiger partial charge in [-0.05, 0) is 25.6 Å². The normalized spacial score (nSPS) is 11.9. The van der Waals surface area contributed by atoms with Gasteiger partial charge >= 0.3 is 0 Å². The molecule has 162 valence electrons. The lowest BCUT2D eigenvalue weighted by atomic mass is 10.1. The number of hydrogen-bond donors (Lipinski definition) is 2. The maximum absolute atomic E-state index is 3.76. The van der Waals surface area contributed by atoms with Crippen molar-refractivity contribution in [2.75, 3.05) is 0 Å². The average molecular weight is 455 g/mol. The Kier molecular flexibility index (Phi) is 4.53. The number of H-pyrrole nitrogens is 2. The Hall–Kier alpha value is -3.87. The first-order chi connectivity index (χ1) is 16.9. The van der Waals surface area contributed by atoms with Crippen LogP contribution < -0.4 is 10.6 Å². The van der Waals surface area contributed by atoms with Gasteiger partial charge in [0.2, 0.25) is 0 Å². The Morgan fingerprint density at radius 2 is 0.912 bits per heavy atom. The molecule has 0 radical (unpaired) electrons. The molecule has 0 fully saturated rings. The zero-order chi connectivity index (χ0) is 22.5. The van der Waals surface area contributed by atoms with Crippen LogP contribution in [0.5, 0.6) is 0 Å². The second kappa shape index (κ2) is 7.87. The van der Waals surface area contributed by atoms with Crippen molar-refractivity contribution >= 4 is 62.1 Å². The molecular weight excluding hydrogens is 431 g/mol. The summed E-state index contributed by atoms with van der Waals surface area (Å²) >= 11 is 0. The summed E-state index contributed by atoms with van der Waals surface area (Å²) in [5.74, 6) is 0. The monoisotopic (exact) mass is 454 g/mol. The van der Waals surface area contributed by atoms with Crippen LogP contribution in [0.2, 0.25) is 0 Å². The van der Waals surface area contributed by atoms with Crippen LogP contribution in [-0.4, -0.2) is 9.97 Å². The molecule has 2 N–H and O–H groups in total. The van der Waals surface area contributed by atoms with Gasteiger partial charge in [-0.15, -0.1) is 0 Å². The quantitative estimate of drug-likeness (QED) is 0.257. The van der Waals surface area contributed by atoms with Crippen molar-refractivity contribution in [3.63, 3.8) is 0 Å². The van der Waals surface area contributed by atoms with E-state index < -0.39 is 7.92 Å². The highest BCUT2D eigenvalue weighted by Crippen LogP contribution is 2.43. The van der Waals surface area contributed by atoms with Gasteiger partial charge in [0.15, 0.2) is 0 Å². The largest absolute Gasteiger partial charge is 0.354 e. The van der Waals surface area contributed by atoms with Gasteiger partial charge in [-0.3, -0.25) is 0 Å². The second-order valence-corrected chi connectivity index (χ2v) is 10.9. The molecule has 5 aromatic carbocycles. The smallest absolute Gasteiger partial charge is 0.0546 e. The summed E-state index contributed by atoms with van der Waals surface area (Å²) in [4.78, 5) is 7.53. The summed E-state index contributed by atoms with van der Waals surface area (Å²) < 4.78 is 0. The lowest BCUT2D eigenvalue weighted by molar-refractivity contribution is 1.40. The van der Waals surface area contributed by atoms with Gasteiger partial charge < -0.3 is 9.97 Å². The zero-order valence-corrected chi connectivity index (χ0v) is 19.5. The maximum Gasteiger partial charge on any atom is 0.0546 e. The van der Waals surface area contributed by atoms with E-state index in [4.69, 9.17) is 0 Å². The van der Waals surface area contributed by atoms with Crippen molar-refractivity contribution in [3.05, 3.63) is 121 Å². The lowest BCUT2D eigenvalue weighted by Crippen LogP contribution is -2.15. The highest BCUT2D eigenvalue weighted by molar-refractivity contribution is 7.73. The van der Waals surface area contributed by atoms with Crippen molar-refractivity contribution in [2.45, 2.75) is 6.16 Å². The summed E-state index contributed by atoms with van der Waals surface area (Å²) in [6.45, 7) is 0. The summed E-state index contributed by atoms with van der Waals surface area (Å²) in [5, 5.41) is 7.99. The Balaban J connectivity index is 1.52. The summed E-state index contributed by atoms with van der Waals surface area (Å²) in [6.07, 6.45) is 0.999. The molecule has 0 bridgehead atoms. The molecular formula is C31H23N2P. The van der Waals surface area contributed by atoms with Crippen molar-refractivity contribution in [1.29, 1.82) is 0 Å². The highest BCUT2D eigenvalue weighted by Gasteiger charge is 2.22. The Labute approximate surface area is 199 Å². The van der Waals surface area contributed by atoms with E-state index in [0.717, 1.165) is 6.16 Å². The molecule has 2 nitrogen and oxygen atoms in total. The van der Waals surface area contributed by atoms with Crippen LogP contribution in [0.25, 0.3) is 43.6 Å². The van der Waals surface area contributed by atoms with Gasteiger partial charge in [0, 0.05) is 49.3 Å². The predicted octanol–water partition coefficient (Wildman–Crippen LogP) is 7.59. The summed E-state index contributed by atoms with van der Waals surface area (Å²) in [6, 6.07) is 41.8. The molecule has 2 heterocycles. The Morgan fingerprint density at radius 3 is 1.47 bits per heavy atom. The van der Waals surface area contributed by atoms with Gasteiger partial charge in [-0.25, -0.2) is 0 Å². The lowest BCUT2D eigenvalue weighted by Gasteiger charge is -2.21. The molecule has 0 amide bonds. The van der Waals surface area contributed by atoms with Crippen molar-refractivity contribution in [3.8, 4) is 0 Å². The molecule has 0 saturated heterocycles. The zero-order valence-electron chi connectivity index (χ0n) is 18.6. The number of fused-ring (bicyclic) bond motifs is 6.